The summed E-state index contributed by atoms with van der Waals surface area (Å²) in [6.07, 6.45) is 0. The molecule has 0 aliphatic rings. The molecule has 1 heterocycles. The Labute approximate surface area is 119 Å². The van der Waals surface area contributed by atoms with E-state index in [1.165, 1.54) is 11.3 Å². The molecule has 0 unspecified atom stereocenters. The largest absolute Gasteiger partial charge is 0.321 e. The number of thiocarbonyl (C=S) groups is 1. The van der Waals surface area contributed by atoms with E-state index in [9.17, 15) is 9.70 Å². The van der Waals surface area contributed by atoms with Gasteiger partial charge in [0.25, 0.3) is 5.91 Å². The zero-order chi connectivity index (χ0) is 13.7. The fraction of sp³-hybridized carbons (Fsp3) is 0.0769. The number of nitrogens with zero attached hydrogens (tertiary/aromatic N) is 1. The summed E-state index contributed by atoms with van der Waals surface area (Å²) in [5.41, 5.74) is 1.23. The van der Waals surface area contributed by atoms with Crippen LogP contribution in [-0.2, 0) is 11.3 Å². The molecule has 1 amide bonds. The standard InChI is InChI=1S/C13H10N2O2S2/c16-13(12(18)11-6-3-7-19-11)15-10-5-2-1-4-9(10)8-14-17/h1-7H,8H2,(H,15,16). The van der Waals surface area contributed by atoms with E-state index >= 15 is 0 Å². The molecule has 96 valence electrons. The van der Waals surface area contributed by atoms with Crippen molar-refractivity contribution in [3.8, 4) is 0 Å². The summed E-state index contributed by atoms with van der Waals surface area (Å²) < 4.78 is 0. The van der Waals surface area contributed by atoms with Crippen LogP contribution in [0.5, 0.6) is 0 Å². The molecular formula is C13H10N2O2S2. The van der Waals surface area contributed by atoms with E-state index in [0.717, 1.165) is 4.88 Å². The highest BCUT2D eigenvalue weighted by Gasteiger charge is 2.14. The molecule has 0 radical (unpaired) electrons. The molecule has 0 aliphatic carbocycles. The second-order valence-corrected chi connectivity index (χ2v) is 5.06. The van der Waals surface area contributed by atoms with Crippen molar-refractivity contribution in [3.05, 3.63) is 57.1 Å². The highest BCUT2D eigenvalue weighted by molar-refractivity contribution is 7.83. The number of anilines is 1. The zero-order valence-corrected chi connectivity index (χ0v) is 11.5. The van der Waals surface area contributed by atoms with Crippen LogP contribution in [0.4, 0.5) is 5.69 Å². The number of para-hydroxylation sites is 1. The number of carbonyl (C=O) groups excluding carboxylic acids is 1. The smallest absolute Gasteiger partial charge is 0.268 e. The maximum absolute atomic E-state index is 12.0. The van der Waals surface area contributed by atoms with Gasteiger partial charge in [-0.1, -0.05) is 41.7 Å². The van der Waals surface area contributed by atoms with Crippen LogP contribution in [0.2, 0.25) is 0 Å². The van der Waals surface area contributed by atoms with Crippen LogP contribution in [-0.4, -0.2) is 10.8 Å². The quantitative estimate of drug-likeness (QED) is 0.522. The number of benzene rings is 1. The van der Waals surface area contributed by atoms with Crippen LogP contribution < -0.4 is 5.32 Å². The van der Waals surface area contributed by atoms with Crippen molar-refractivity contribution in [3.63, 3.8) is 0 Å². The molecule has 2 rings (SSSR count). The fourth-order valence-electron chi connectivity index (χ4n) is 1.55. The average molecular weight is 290 g/mol. The maximum Gasteiger partial charge on any atom is 0.268 e. The molecule has 0 spiro atoms. The fourth-order valence-corrected chi connectivity index (χ4v) is 2.47. The van der Waals surface area contributed by atoms with Gasteiger partial charge in [-0.15, -0.1) is 11.3 Å². The molecule has 0 aliphatic heterocycles. The molecule has 19 heavy (non-hydrogen) atoms. The Morgan fingerprint density at radius 3 is 2.74 bits per heavy atom. The summed E-state index contributed by atoms with van der Waals surface area (Å²) in [6.45, 7) is 0.0161. The summed E-state index contributed by atoms with van der Waals surface area (Å²) in [6, 6.07) is 10.7. The lowest BCUT2D eigenvalue weighted by Crippen LogP contribution is -2.21. The molecule has 0 saturated heterocycles. The van der Waals surface area contributed by atoms with E-state index in [1.54, 1.807) is 30.3 Å². The van der Waals surface area contributed by atoms with Crippen LogP contribution in [0.1, 0.15) is 10.4 Å². The van der Waals surface area contributed by atoms with Gasteiger partial charge >= 0.3 is 0 Å². The molecule has 2 aromatic rings. The monoisotopic (exact) mass is 290 g/mol. The third-order valence-electron chi connectivity index (χ3n) is 2.45. The van der Waals surface area contributed by atoms with Gasteiger partial charge in [0.1, 0.15) is 11.4 Å². The Bertz CT molecular complexity index is 609. The Hall–Kier alpha value is -1.92. The van der Waals surface area contributed by atoms with Gasteiger partial charge in [-0.2, -0.15) is 4.91 Å². The van der Waals surface area contributed by atoms with Gasteiger partial charge in [0.15, 0.2) is 0 Å². The number of thiophene rings is 1. The van der Waals surface area contributed by atoms with Gasteiger partial charge in [-0.3, -0.25) is 4.79 Å². The topological polar surface area (TPSA) is 58.5 Å². The van der Waals surface area contributed by atoms with Crippen LogP contribution in [0.15, 0.2) is 47.0 Å². The molecule has 0 bridgehead atoms. The van der Waals surface area contributed by atoms with E-state index in [1.807, 2.05) is 11.4 Å². The Balaban J connectivity index is 2.15. The first-order valence-corrected chi connectivity index (χ1v) is 6.77. The summed E-state index contributed by atoms with van der Waals surface area (Å²) in [7, 11) is 0. The molecule has 1 aromatic carbocycles. The van der Waals surface area contributed by atoms with Crippen molar-refractivity contribution < 1.29 is 4.79 Å². The Morgan fingerprint density at radius 1 is 1.26 bits per heavy atom. The van der Waals surface area contributed by atoms with Crippen molar-refractivity contribution in [1.29, 1.82) is 0 Å². The molecule has 1 N–H and O–H groups in total. The normalized spacial score (nSPS) is 9.89. The van der Waals surface area contributed by atoms with E-state index in [-0.39, 0.29) is 17.3 Å². The first-order valence-electron chi connectivity index (χ1n) is 5.48. The van der Waals surface area contributed by atoms with Crippen LogP contribution >= 0.6 is 23.6 Å². The van der Waals surface area contributed by atoms with Crippen molar-refractivity contribution >= 4 is 40.0 Å². The molecule has 0 saturated carbocycles. The Morgan fingerprint density at radius 2 is 2.05 bits per heavy atom. The number of carbonyl (C=O) groups is 1. The molecule has 6 heteroatoms. The minimum atomic E-state index is -0.351. The van der Waals surface area contributed by atoms with Crippen LogP contribution in [0.3, 0.4) is 0 Å². The van der Waals surface area contributed by atoms with E-state index < -0.39 is 0 Å². The van der Waals surface area contributed by atoms with Crippen molar-refractivity contribution in [1.82, 2.24) is 0 Å². The lowest BCUT2D eigenvalue weighted by molar-refractivity contribution is -0.110. The Kier molecular flexibility index (Phi) is 4.48. The van der Waals surface area contributed by atoms with Crippen molar-refractivity contribution in [2.75, 3.05) is 5.32 Å². The van der Waals surface area contributed by atoms with Gasteiger partial charge < -0.3 is 5.32 Å². The zero-order valence-electron chi connectivity index (χ0n) is 9.83. The second-order valence-electron chi connectivity index (χ2n) is 3.70. The third-order valence-corrected chi connectivity index (χ3v) is 3.87. The highest BCUT2D eigenvalue weighted by atomic mass is 32.1. The molecule has 1 aromatic heterocycles. The van der Waals surface area contributed by atoms with Crippen molar-refractivity contribution in [2.45, 2.75) is 6.54 Å². The third kappa shape index (κ3) is 3.30. The lowest BCUT2D eigenvalue weighted by Gasteiger charge is -2.08. The average Bonchev–Trinajstić information content (AvgIpc) is 2.94. The predicted octanol–water partition coefficient (Wildman–Crippen LogP) is 3.37. The molecule has 0 atom stereocenters. The highest BCUT2D eigenvalue weighted by Crippen LogP contribution is 2.17. The van der Waals surface area contributed by atoms with E-state index in [0.29, 0.717) is 11.3 Å². The van der Waals surface area contributed by atoms with E-state index in [4.69, 9.17) is 12.2 Å². The lowest BCUT2D eigenvalue weighted by atomic mass is 10.1. The summed E-state index contributed by atoms with van der Waals surface area (Å²) >= 11 is 6.53. The molecule has 0 fully saturated rings. The summed E-state index contributed by atoms with van der Waals surface area (Å²) in [5.74, 6) is -0.351. The SMILES string of the molecule is O=NCc1ccccc1NC(=O)C(=S)c1cccs1. The number of hydrogen-bond acceptors (Lipinski definition) is 5. The first-order chi connectivity index (χ1) is 9.22. The van der Waals surface area contributed by atoms with Gasteiger partial charge in [0.2, 0.25) is 0 Å². The summed E-state index contributed by atoms with van der Waals surface area (Å²) in [5, 5.41) is 7.41. The van der Waals surface area contributed by atoms with Gasteiger partial charge in [-0.05, 0) is 17.5 Å². The summed E-state index contributed by atoms with van der Waals surface area (Å²) in [4.78, 5) is 23.3. The number of nitrogens with one attached hydrogen (secondary N) is 1. The van der Waals surface area contributed by atoms with Gasteiger partial charge in [-0.25, -0.2) is 0 Å². The maximum atomic E-state index is 12.0. The number of nitroso groups, excluding NO2 is 1. The van der Waals surface area contributed by atoms with Gasteiger partial charge in [0, 0.05) is 11.3 Å². The van der Waals surface area contributed by atoms with E-state index in [2.05, 4.69) is 10.5 Å². The van der Waals surface area contributed by atoms with Crippen molar-refractivity contribution in [2.24, 2.45) is 5.18 Å². The van der Waals surface area contributed by atoms with Crippen LogP contribution in [0, 0.1) is 4.91 Å². The minimum Gasteiger partial charge on any atom is -0.321 e. The molecular weight excluding hydrogens is 280 g/mol. The number of hydrogen-bond donors (Lipinski definition) is 1. The molecule has 4 nitrogen and oxygen atoms in total. The van der Waals surface area contributed by atoms with Crippen LogP contribution in [0.25, 0.3) is 0 Å². The first kappa shape index (κ1) is 13.5. The number of rotatable bonds is 5. The predicted molar refractivity (Wildman–Crippen MR) is 80.6 cm³/mol. The minimum absolute atomic E-state index is 0.0161. The van der Waals surface area contributed by atoms with Gasteiger partial charge in [0.05, 0.1) is 4.88 Å². The number of amides is 1. The second kappa shape index (κ2) is 6.31.